The standard InChI is InChI=1S/C21H23NO2.ClH/c1-16(20(23)17-10-6-4-7-11-17)14-19(15-22(2)3)21(24)18-12-8-5-9-13-18;/h4-13,19H,1,14-15H2,2-3H3;1H. The predicted octanol–water partition coefficient (Wildman–Crippen LogP) is 4.30. The Labute approximate surface area is 155 Å². The fourth-order valence-corrected chi connectivity index (χ4v) is 2.70. The summed E-state index contributed by atoms with van der Waals surface area (Å²) < 4.78 is 0. The Kier molecular flexibility index (Phi) is 8.26. The molecule has 0 saturated heterocycles. The number of ketones is 2. The monoisotopic (exact) mass is 357 g/mol. The molecule has 2 aromatic rings. The number of rotatable bonds is 8. The van der Waals surface area contributed by atoms with E-state index in [9.17, 15) is 9.59 Å². The van der Waals surface area contributed by atoms with Crippen LogP contribution in [0.1, 0.15) is 27.1 Å². The first kappa shape index (κ1) is 20.8. The Morgan fingerprint density at radius 3 is 1.88 bits per heavy atom. The van der Waals surface area contributed by atoms with Gasteiger partial charge < -0.3 is 4.90 Å². The van der Waals surface area contributed by atoms with E-state index in [1.54, 1.807) is 12.1 Å². The Hall–Kier alpha value is -2.23. The van der Waals surface area contributed by atoms with Gasteiger partial charge in [0.1, 0.15) is 0 Å². The first-order valence-corrected chi connectivity index (χ1v) is 8.00. The van der Waals surface area contributed by atoms with Crippen LogP contribution in [0.25, 0.3) is 0 Å². The lowest BCUT2D eigenvalue weighted by Gasteiger charge is -2.21. The van der Waals surface area contributed by atoms with Crippen molar-refractivity contribution in [3.63, 3.8) is 0 Å². The maximum Gasteiger partial charge on any atom is 0.188 e. The fraction of sp³-hybridized carbons (Fsp3) is 0.238. The van der Waals surface area contributed by atoms with E-state index in [1.807, 2.05) is 67.5 Å². The maximum atomic E-state index is 12.8. The first-order chi connectivity index (χ1) is 11.5. The lowest BCUT2D eigenvalue weighted by atomic mass is 9.88. The zero-order valence-corrected chi connectivity index (χ0v) is 15.5. The van der Waals surface area contributed by atoms with Gasteiger partial charge in [-0.2, -0.15) is 0 Å². The number of carbonyl (C=O) groups excluding carboxylic acids is 2. The van der Waals surface area contributed by atoms with Crippen LogP contribution in [0, 0.1) is 5.92 Å². The third kappa shape index (κ3) is 5.96. The molecule has 0 bridgehead atoms. The van der Waals surface area contributed by atoms with Crippen molar-refractivity contribution in [2.24, 2.45) is 5.92 Å². The summed E-state index contributed by atoms with van der Waals surface area (Å²) >= 11 is 0. The molecule has 0 aromatic heterocycles. The van der Waals surface area contributed by atoms with Crippen molar-refractivity contribution < 1.29 is 9.59 Å². The summed E-state index contributed by atoms with van der Waals surface area (Å²) in [5.41, 5.74) is 1.75. The molecule has 132 valence electrons. The van der Waals surface area contributed by atoms with Gasteiger partial charge >= 0.3 is 0 Å². The second-order valence-corrected chi connectivity index (χ2v) is 6.19. The van der Waals surface area contributed by atoms with Crippen LogP contribution in [-0.2, 0) is 0 Å². The lowest BCUT2D eigenvalue weighted by Crippen LogP contribution is -2.29. The normalized spacial score (nSPS) is 11.5. The Balaban J connectivity index is 0.00000312. The Bertz CT molecular complexity index is 711. The third-order valence-electron chi connectivity index (χ3n) is 3.86. The van der Waals surface area contributed by atoms with E-state index >= 15 is 0 Å². The van der Waals surface area contributed by atoms with Gasteiger partial charge in [0.25, 0.3) is 0 Å². The molecule has 2 rings (SSSR count). The van der Waals surface area contributed by atoms with Crippen LogP contribution in [0.15, 0.2) is 72.8 Å². The minimum Gasteiger partial charge on any atom is -0.309 e. The van der Waals surface area contributed by atoms with Crippen molar-refractivity contribution >= 4 is 24.0 Å². The number of benzene rings is 2. The van der Waals surface area contributed by atoms with Crippen molar-refractivity contribution in [2.75, 3.05) is 20.6 Å². The highest BCUT2D eigenvalue weighted by atomic mass is 35.5. The Morgan fingerprint density at radius 1 is 0.920 bits per heavy atom. The molecule has 0 fully saturated rings. The van der Waals surface area contributed by atoms with E-state index in [4.69, 9.17) is 0 Å². The quantitative estimate of drug-likeness (QED) is 0.522. The van der Waals surface area contributed by atoms with Crippen molar-refractivity contribution in [2.45, 2.75) is 6.42 Å². The summed E-state index contributed by atoms with van der Waals surface area (Å²) in [7, 11) is 3.85. The Morgan fingerprint density at radius 2 is 1.40 bits per heavy atom. The molecule has 0 spiro atoms. The maximum absolute atomic E-state index is 12.8. The molecule has 0 aliphatic heterocycles. The van der Waals surface area contributed by atoms with Gasteiger partial charge in [0, 0.05) is 23.6 Å². The van der Waals surface area contributed by atoms with Crippen LogP contribution in [-0.4, -0.2) is 37.1 Å². The molecule has 2 aromatic carbocycles. The van der Waals surface area contributed by atoms with Gasteiger partial charge in [-0.3, -0.25) is 9.59 Å². The molecular weight excluding hydrogens is 334 g/mol. The van der Waals surface area contributed by atoms with Crippen molar-refractivity contribution in [3.8, 4) is 0 Å². The largest absolute Gasteiger partial charge is 0.309 e. The molecule has 0 saturated carbocycles. The highest BCUT2D eigenvalue weighted by Crippen LogP contribution is 2.20. The molecule has 3 nitrogen and oxygen atoms in total. The molecule has 4 heteroatoms. The summed E-state index contributed by atoms with van der Waals surface area (Å²) in [5.74, 6) is -0.339. The van der Waals surface area contributed by atoms with Crippen LogP contribution in [0.5, 0.6) is 0 Å². The molecule has 1 atom stereocenters. The average molecular weight is 358 g/mol. The number of halogens is 1. The van der Waals surface area contributed by atoms with Gasteiger partial charge in [0.15, 0.2) is 11.6 Å². The zero-order valence-electron chi connectivity index (χ0n) is 14.6. The van der Waals surface area contributed by atoms with Crippen LogP contribution in [0.3, 0.4) is 0 Å². The smallest absolute Gasteiger partial charge is 0.188 e. The van der Waals surface area contributed by atoms with Crippen molar-refractivity contribution in [1.29, 1.82) is 0 Å². The van der Waals surface area contributed by atoms with E-state index < -0.39 is 0 Å². The van der Waals surface area contributed by atoms with E-state index in [0.29, 0.717) is 29.7 Å². The SMILES string of the molecule is C=C(CC(CN(C)C)C(=O)c1ccccc1)C(=O)c1ccccc1.Cl. The van der Waals surface area contributed by atoms with Gasteiger partial charge in [0.2, 0.25) is 0 Å². The first-order valence-electron chi connectivity index (χ1n) is 8.00. The second-order valence-electron chi connectivity index (χ2n) is 6.19. The lowest BCUT2D eigenvalue weighted by molar-refractivity contribution is 0.0892. The minimum absolute atomic E-state index is 0. The minimum atomic E-state index is -0.289. The molecule has 0 amide bonds. The van der Waals surface area contributed by atoms with Gasteiger partial charge in [0.05, 0.1) is 0 Å². The third-order valence-corrected chi connectivity index (χ3v) is 3.86. The highest BCUT2D eigenvalue weighted by Gasteiger charge is 2.24. The molecule has 0 aliphatic rings. The van der Waals surface area contributed by atoms with Gasteiger partial charge in [-0.05, 0) is 26.1 Å². The molecule has 0 aliphatic carbocycles. The van der Waals surface area contributed by atoms with Gasteiger partial charge in [-0.15, -0.1) is 12.4 Å². The van der Waals surface area contributed by atoms with E-state index in [2.05, 4.69) is 6.58 Å². The predicted molar refractivity (Wildman–Crippen MR) is 105 cm³/mol. The van der Waals surface area contributed by atoms with Gasteiger partial charge in [-0.25, -0.2) is 0 Å². The molecular formula is C21H24ClNO2. The number of carbonyl (C=O) groups is 2. The summed E-state index contributed by atoms with van der Waals surface area (Å²) in [5, 5.41) is 0. The average Bonchev–Trinajstić information content (AvgIpc) is 2.61. The fourth-order valence-electron chi connectivity index (χ4n) is 2.70. The number of Topliss-reactive ketones (excluding diaryl/α,β-unsaturated/α-hetero) is 2. The van der Waals surface area contributed by atoms with Crippen LogP contribution < -0.4 is 0 Å². The molecule has 0 heterocycles. The van der Waals surface area contributed by atoms with Crippen molar-refractivity contribution in [3.05, 3.63) is 83.9 Å². The highest BCUT2D eigenvalue weighted by molar-refractivity contribution is 6.09. The summed E-state index contributed by atoms with van der Waals surface area (Å²) in [6, 6.07) is 18.3. The number of hydrogen-bond donors (Lipinski definition) is 0. The van der Waals surface area contributed by atoms with Crippen LogP contribution >= 0.6 is 12.4 Å². The van der Waals surface area contributed by atoms with Crippen LogP contribution in [0.4, 0.5) is 0 Å². The summed E-state index contributed by atoms with van der Waals surface area (Å²) in [6.45, 7) is 4.51. The van der Waals surface area contributed by atoms with E-state index in [-0.39, 0.29) is 29.9 Å². The number of hydrogen-bond acceptors (Lipinski definition) is 3. The van der Waals surface area contributed by atoms with E-state index in [1.165, 1.54) is 0 Å². The van der Waals surface area contributed by atoms with E-state index in [0.717, 1.165) is 0 Å². The van der Waals surface area contributed by atoms with Crippen molar-refractivity contribution in [1.82, 2.24) is 4.90 Å². The second kappa shape index (κ2) is 9.92. The topological polar surface area (TPSA) is 37.4 Å². The molecule has 0 radical (unpaired) electrons. The zero-order chi connectivity index (χ0) is 17.5. The van der Waals surface area contributed by atoms with Gasteiger partial charge in [-0.1, -0.05) is 67.2 Å². The summed E-state index contributed by atoms with van der Waals surface area (Å²) in [6.07, 6.45) is 0.361. The summed E-state index contributed by atoms with van der Waals surface area (Å²) in [4.78, 5) is 27.3. The van der Waals surface area contributed by atoms with Crippen LogP contribution in [0.2, 0.25) is 0 Å². The number of allylic oxidation sites excluding steroid dienone is 1. The molecule has 0 N–H and O–H groups in total. The molecule has 1 unspecified atom stereocenters. The number of nitrogens with zero attached hydrogens (tertiary/aromatic N) is 1. The molecule has 25 heavy (non-hydrogen) atoms.